The van der Waals surface area contributed by atoms with Gasteiger partial charge in [-0.1, -0.05) is 54.1 Å². The highest BCUT2D eigenvalue weighted by Gasteiger charge is 2.30. The lowest BCUT2D eigenvalue weighted by atomic mass is 10.0. The van der Waals surface area contributed by atoms with Gasteiger partial charge in [0.1, 0.15) is 5.00 Å². The Labute approximate surface area is 254 Å². The van der Waals surface area contributed by atoms with E-state index in [1.165, 1.54) is 35.8 Å². The molecule has 2 N–H and O–H groups in total. The first-order chi connectivity index (χ1) is 20.3. The number of nitrogens with zero attached hydrogens (tertiary/aromatic N) is 1. The van der Waals surface area contributed by atoms with E-state index >= 15 is 0 Å². The van der Waals surface area contributed by atoms with E-state index < -0.39 is 11.2 Å². The average Bonchev–Trinajstić information content (AvgIpc) is 3.34. The average molecular weight is 600 g/mol. The maximum Gasteiger partial charge on any atom is 0.341 e. The number of carbonyl (C=O) groups excluding carboxylic acids is 3. The summed E-state index contributed by atoms with van der Waals surface area (Å²) in [4.78, 5) is 43.1. The van der Waals surface area contributed by atoms with E-state index in [1.807, 2.05) is 74.5 Å². The van der Waals surface area contributed by atoms with Gasteiger partial charge in [0.2, 0.25) is 5.91 Å². The number of methoxy groups -OCH3 is 1. The molecule has 1 aliphatic rings. The highest BCUT2D eigenvalue weighted by atomic mass is 32.2. The van der Waals surface area contributed by atoms with Crippen LogP contribution in [0, 0.1) is 6.92 Å². The second-order valence-electron chi connectivity index (χ2n) is 10.2. The fraction of sp³-hybridized carbons (Fsp3) is 0.242. The van der Waals surface area contributed by atoms with Gasteiger partial charge in [-0.05, 0) is 61.7 Å². The molecule has 2 amide bonds. The number of thiophene rings is 1. The number of aryl methyl sites for hydroxylation is 1. The Morgan fingerprint density at radius 2 is 1.79 bits per heavy atom. The first-order valence-corrected chi connectivity index (χ1v) is 15.4. The summed E-state index contributed by atoms with van der Waals surface area (Å²) in [6, 6.07) is 25.2. The normalized spacial score (nSPS) is 13.6. The molecule has 0 saturated carbocycles. The number of hydrogen-bond acceptors (Lipinski definition) is 7. The molecular formula is C33H33N3O4S2. The number of benzene rings is 3. The minimum absolute atomic E-state index is 0.189. The molecule has 5 rings (SSSR count). The molecule has 1 unspecified atom stereocenters. The quantitative estimate of drug-likeness (QED) is 0.163. The van der Waals surface area contributed by atoms with E-state index in [1.54, 1.807) is 6.07 Å². The van der Waals surface area contributed by atoms with Crippen molar-refractivity contribution in [2.24, 2.45) is 0 Å². The molecule has 216 valence electrons. The molecular weight excluding hydrogens is 567 g/mol. The van der Waals surface area contributed by atoms with Gasteiger partial charge >= 0.3 is 5.97 Å². The largest absolute Gasteiger partial charge is 0.465 e. The van der Waals surface area contributed by atoms with Crippen LogP contribution in [0.2, 0.25) is 0 Å². The van der Waals surface area contributed by atoms with Gasteiger partial charge in [0, 0.05) is 40.7 Å². The van der Waals surface area contributed by atoms with Gasteiger partial charge in [0.25, 0.3) is 5.91 Å². The van der Waals surface area contributed by atoms with Crippen LogP contribution < -0.4 is 10.6 Å². The zero-order valence-corrected chi connectivity index (χ0v) is 25.4. The van der Waals surface area contributed by atoms with Gasteiger partial charge in [-0.15, -0.1) is 23.1 Å². The third-order valence-electron chi connectivity index (χ3n) is 7.07. The van der Waals surface area contributed by atoms with Gasteiger partial charge in [0.15, 0.2) is 0 Å². The molecule has 2 heterocycles. The number of rotatable bonds is 9. The smallest absolute Gasteiger partial charge is 0.341 e. The molecule has 0 aliphatic carbocycles. The standard InChI is InChI=1S/C33H33N3O4S2/c1-21-9-7-12-24(17-21)31(38)34-25-13-8-14-26(18-25)41-22(2)30(37)35-32-29(33(39)40-3)27-15-16-36(20-28(27)42-32)19-23-10-5-4-6-11-23/h4-14,17-18,22H,15-16,19-20H2,1-3H3,(H,34,38)(H,35,37). The SMILES string of the molecule is COC(=O)c1c(NC(=O)C(C)Sc2cccc(NC(=O)c3cccc(C)c3)c2)sc2c1CCN(Cc1ccccc1)C2. The number of thioether (sulfide) groups is 1. The lowest BCUT2D eigenvalue weighted by Crippen LogP contribution is -2.29. The van der Waals surface area contributed by atoms with Crippen LogP contribution in [0.5, 0.6) is 0 Å². The highest BCUT2D eigenvalue weighted by Crippen LogP contribution is 2.38. The topological polar surface area (TPSA) is 87.7 Å². The summed E-state index contributed by atoms with van der Waals surface area (Å²) in [6.45, 7) is 6.12. The maximum absolute atomic E-state index is 13.3. The van der Waals surface area contributed by atoms with Crippen molar-refractivity contribution >= 4 is 51.6 Å². The molecule has 4 aromatic rings. The summed E-state index contributed by atoms with van der Waals surface area (Å²) in [5.74, 6) is -0.832. The Morgan fingerprint density at radius 1 is 1.00 bits per heavy atom. The van der Waals surface area contributed by atoms with Crippen LogP contribution in [0.4, 0.5) is 10.7 Å². The molecule has 3 aromatic carbocycles. The molecule has 1 atom stereocenters. The zero-order valence-electron chi connectivity index (χ0n) is 23.8. The van der Waals surface area contributed by atoms with Gasteiger partial charge in [-0.2, -0.15) is 0 Å². The van der Waals surface area contributed by atoms with Crippen molar-refractivity contribution in [3.8, 4) is 0 Å². The second kappa shape index (κ2) is 13.4. The van der Waals surface area contributed by atoms with E-state index in [2.05, 4.69) is 27.7 Å². The molecule has 0 radical (unpaired) electrons. The Kier molecular flexibility index (Phi) is 9.41. The van der Waals surface area contributed by atoms with Crippen molar-refractivity contribution in [3.63, 3.8) is 0 Å². The number of esters is 1. The lowest BCUT2D eigenvalue weighted by molar-refractivity contribution is -0.115. The van der Waals surface area contributed by atoms with Crippen LogP contribution in [0.1, 0.15) is 49.2 Å². The van der Waals surface area contributed by atoms with Crippen molar-refractivity contribution in [2.45, 2.75) is 43.5 Å². The van der Waals surface area contributed by atoms with Crippen LogP contribution in [0.3, 0.4) is 0 Å². The number of ether oxygens (including phenoxy) is 1. The number of anilines is 2. The lowest BCUT2D eigenvalue weighted by Gasteiger charge is -2.27. The molecule has 1 aliphatic heterocycles. The third kappa shape index (κ3) is 7.10. The monoisotopic (exact) mass is 599 g/mol. The second-order valence-corrected chi connectivity index (χ2v) is 12.8. The van der Waals surface area contributed by atoms with Gasteiger partial charge in [-0.3, -0.25) is 14.5 Å². The molecule has 0 saturated heterocycles. The van der Waals surface area contributed by atoms with Crippen molar-refractivity contribution in [1.29, 1.82) is 0 Å². The van der Waals surface area contributed by atoms with Crippen LogP contribution >= 0.6 is 23.1 Å². The molecule has 42 heavy (non-hydrogen) atoms. The van der Waals surface area contributed by atoms with Crippen LogP contribution in [-0.2, 0) is 29.0 Å². The van der Waals surface area contributed by atoms with Crippen molar-refractivity contribution < 1.29 is 19.1 Å². The molecule has 9 heteroatoms. The molecule has 0 fully saturated rings. The first-order valence-electron chi connectivity index (χ1n) is 13.8. The summed E-state index contributed by atoms with van der Waals surface area (Å²) >= 11 is 2.83. The van der Waals surface area contributed by atoms with E-state index in [-0.39, 0.29) is 11.8 Å². The number of nitrogens with one attached hydrogen (secondary N) is 2. The Bertz CT molecular complexity index is 1600. The van der Waals surface area contributed by atoms with Crippen molar-refractivity contribution in [2.75, 3.05) is 24.3 Å². The third-order valence-corrected chi connectivity index (χ3v) is 9.29. The van der Waals surface area contributed by atoms with Crippen molar-refractivity contribution in [3.05, 3.63) is 112 Å². The summed E-state index contributed by atoms with van der Waals surface area (Å²) in [6.07, 6.45) is 0.713. The maximum atomic E-state index is 13.3. The van der Waals surface area contributed by atoms with E-state index in [0.29, 0.717) is 34.8 Å². The Morgan fingerprint density at radius 3 is 2.55 bits per heavy atom. The Hall–Kier alpha value is -3.92. The highest BCUT2D eigenvalue weighted by molar-refractivity contribution is 8.00. The van der Waals surface area contributed by atoms with Gasteiger partial charge < -0.3 is 15.4 Å². The molecule has 0 bridgehead atoms. The molecule has 1 aromatic heterocycles. The van der Waals surface area contributed by atoms with E-state index in [4.69, 9.17) is 4.74 Å². The predicted molar refractivity (Wildman–Crippen MR) is 169 cm³/mol. The fourth-order valence-electron chi connectivity index (χ4n) is 4.95. The number of amides is 2. The fourth-order valence-corrected chi connectivity index (χ4v) is 7.15. The van der Waals surface area contributed by atoms with Crippen molar-refractivity contribution in [1.82, 2.24) is 4.90 Å². The Balaban J connectivity index is 1.26. The van der Waals surface area contributed by atoms with E-state index in [9.17, 15) is 14.4 Å². The number of hydrogen-bond donors (Lipinski definition) is 2. The van der Waals surface area contributed by atoms with Gasteiger partial charge in [0.05, 0.1) is 17.9 Å². The van der Waals surface area contributed by atoms with Crippen LogP contribution in [-0.4, -0.2) is 41.6 Å². The molecule has 7 nitrogen and oxygen atoms in total. The zero-order chi connectivity index (χ0) is 29.6. The van der Waals surface area contributed by atoms with Crippen LogP contribution in [0.25, 0.3) is 0 Å². The summed E-state index contributed by atoms with van der Waals surface area (Å²) in [5.41, 5.74) is 4.91. The van der Waals surface area contributed by atoms with Crippen LogP contribution in [0.15, 0.2) is 83.8 Å². The van der Waals surface area contributed by atoms with E-state index in [0.717, 1.165) is 34.0 Å². The number of fused-ring (bicyclic) bond motifs is 1. The van der Waals surface area contributed by atoms with Gasteiger partial charge in [-0.25, -0.2) is 4.79 Å². The summed E-state index contributed by atoms with van der Waals surface area (Å²) < 4.78 is 5.11. The summed E-state index contributed by atoms with van der Waals surface area (Å²) in [5, 5.41) is 6.03. The minimum Gasteiger partial charge on any atom is -0.465 e. The number of carbonyl (C=O) groups is 3. The minimum atomic E-state index is -0.452. The molecule has 0 spiro atoms. The predicted octanol–water partition coefficient (Wildman–Crippen LogP) is 6.77. The first kappa shape index (κ1) is 29.6. The summed E-state index contributed by atoms with van der Waals surface area (Å²) in [7, 11) is 1.37.